The Hall–Kier alpha value is -1.06. The van der Waals surface area contributed by atoms with Gasteiger partial charge in [-0.15, -0.1) is 0 Å². The van der Waals surface area contributed by atoms with E-state index < -0.39 is 17.3 Å². The summed E-state index contributed by atoms with van der Waals surface area (Å²) in [6.45, 7) is 7.67. The predicted molar refractivity (Wildman–Crippen MR) is 70.2 cm³/mol. The van der Waals surface area contributed by atoms with Gasteiger partial charge in [0.1, 0.15) is 0 Å². The average molecular weight is 255 g/mol. The molecule has 18 heavy (non-hydrogen) atoms. The lowest BCUT2D eigenvalue weighted by Gasteiger charge is -2.35. The van der Waals surface area contributed by atoms with Crippen LogP contribution in [0.25, 0.3) is 0 Å². The molecular formula is C14H25NO3. The molecule has 1 rings (SSSR count). The normalized spacial score (nSPS) is 18.7. The van der Waals surface area contributed by atoms with E-state index in [2.05, 4.69) is 0 Å². The summed E-state index contributed by atoms with van der Waals surface area (Å²) < 4.78 is 0. The Morgan fingerprint density at radius 3 is 2.17 bits per heavy atom. The molecule has 104 valence electrons. The van der Waals surface area contributed by atoms with E-state index in [1.165, 1.54) is 0 Å². The van der Waals surface area contributed by atoms with Crippen molar-refractivity contribution >= 4 is 11.9 Å². The molecule has 1 N–H and O–H groups in total. The molecule has 0 saturated heterocycles. The predicted octanol–water partition coefficient (Wildman–Crippen LogP) is 2.52. The molecule has 0 aliphatic heterocycles. The highest BCUT2D eigenvalue weighted by molar-refractivity contribution is 5.82. The molecule has 1 aliphatic carbocycles. The van der Waals surface area contributed by atoms with Gasteiger partial charge in [0.25, 0.3) is 0 Å². The first-order valence-electron chi connectivity index (χ1n) is 6.77. The molecular weight excluding hydrogens is 230 g/mol. The summed E-state index contributed by atoms with van der Waals surface area (Å²) in [5.74, 6) is -1.26. The summed E-state index contributed by atoms with van der Waals surface area (Å²) >= 11 is 0. The number of amides is 1. The minimum absolute atomic E-state index is 0.0718. The lowest BCUT2D eigenvalue weighted by atomic mass is 9.93. The van der Waals surface area contributed by atoms with Gasteiger partial charge in [0.05, 0.1) is 5.92 Å². The number of carboxylic acids is 1. The van der Waals surface area contributed by atoms with Crippen LogP contribution in [0.2, 0.25) is 0 Å². The molecule has 1 amide bonds. The molecule has 0 aromatic heterocycles. The van der Waals surface area contributed by atoms with Gasteiger partial charge in [-0.25, -0.2) is 0 Å². The summed E-state index contributed by atoms with van der Waals surface area (Å²) in [7, 11) is 0. The summed E-state index contributed by atoms with van der Waals surface area (Å²) in [6.07, 6.45) is 4.29. The standard InChI is InChI=1S/C14H25NO3/c1-10(12(16)17)9-15(11-7-5-6-8-11)13(18)14(2,3)4/h10-11H,5-9H2,1-4H3,(H,16,17). The molecule has 0 spiro atoms. The van der Waals surface area contributed by atoms with Crippen LogP contribution >= 0.6 is 0 Å². The molecule has 1 atom stereocenters. The van der Waals surface area contributed by atoms with E-state index in [-0.39, 0.29) is 11.9 Å². The summed E-state index contributed by atoms with van der Waals surface area (Å²) in [5.41, 5.74) is -0.444. The van der Waals surface area contributed by atoms with Crippen LogP contribution in [-0.4, -0.2) is 34.5 Å². The minimum atomic E-state index is -0.834. The van der Waals surface area contributed by atoms with Gasteiger partial charge in [-0.3, -0.25) is 9.59 Å². The average Bonchev–Trinajstić information content (AvgIpc) is 2.76. The van der Waals surface area contributed by atoms with Crippen molar-refractivity contribution in [3.8, 4) is 0 Å². The van der Waals surface area contributed by atoms with Crippen LogP contribution < -0.4 is 0 Å². The molecule has 1 aliphatic rings. The van der Waals surface area contributed by atoms with Crippen molar-refractivity contribution in [3.05, 3.63) is 0 Å². The van der Waals surface area contributed by atoms with Gasteiger partial charge < -0.3 is 10.0 Å². The Bertz CT molecular complexity index is 313. The first-order valence-corrected chi connectivity index (χ1v) is 6.77. The van der Waals surface area contributed by atoms with E-state index in [4.69, 9.17) is 5.11 Å². The first kappa shape index (κ1) is 15.0. The highest BCUT2D eigenvalue weighted by Gasteiger charge is 2.34. The quantitative estimate of drug-likeness (QED) is 0.839. The highest BCUT2D eigenvalue weighted by atomic mass is 16.4. The fourth-order valence-corrected chi connectivity index (χ4v) is 2.42. The van der Waals surface area contributed by atoms with Crippen molar-refractivity contribution in [2.24, 2.45) is 11.3 Å². The maximum absolute atomic E-state index is 12.4. The Labute approximate surface area is 109 Å². The van der Waals surface area contributed by atoms with E-state index in [1.54, 1.807) is 6.92 Å². The fraction of sp³-hybridized carbons (Fsp3) is 0.857. The molecule has 0 aromatic rings. The van der Waals surface area contributed by atoms with E-state index in [1.807, 2.05) is 25.7 Å². The highest BCUT2D eigenvalue weighted by Crippen LogP contribution is 2.28. The molecule has 4 heteroatoms. The van der Waals surface area contributed by atoms with Crippen LogP contribution in [0.3, 0.4) is 0 Å². The van der Waals surface area contributed by atoms with Crippen LogP contribution in [-0.2, 0) is 9.59 Å². The zero-order chi connectivity index (χ0) is 13.9. The van der Waals surface area contributed by atoms with Crippen molar-refractivity contribution in [1.29, 1.82) is 0 Å². The number of carbonyl (C=O) groups excluding carboxylic acids is 1. The third-order valence-electron chi connectivity index (χ3n) is 3.56. The van der Waals surface area contributed by atoms with Gasteiger partial charge in [0.2, 0.25) is 5.91 Å². The second-order valence-corrected chi connectivity index (χ2v) is 6.39. The number of carboxylic acid groups (broad SMARTS) is 1. The molecule has 0 aromatic carbocycles. The summed E-state index contributed by atoms with van der Waals surface area (Å²) in [6, 6.07) is 0.235. The first-order chi connectivity index (χ1) is 8.23. The smallest absolute Gasteiger partial charge is 0.308 e. The van der Waals surface area contributed by atoms with Crippen molar-refractivity contribution in [1.82, 2.24) is 4.90 Å². The lowest BCUT2D eigenvalue weighted by molar-refractivity contribution is -0.147. The SMILES string of the molecule is CC(CN(C(=O)C(C)(C)C)C1CCCC1)C(=O)O. The van der Waals surface area contributed by atoms with Crippen molar-refractivity contribution in [2.45, 2.75) is 59.4 Å². The van der Waals surface area contributed by atoms with Crippen LogP contribution in [0.1, 0.15) is 53.4 Å². The maximum atomic E-state index is 12.4. The van der Waals surface area contributed by atoms with Crippen molar-refractivity contribution in [3.63, 3.8) is 0 Å². The third kappa shape index (κ3) is 3.72. The Kier molecular flexibility index (Phi) is 4.77. The third-order valence-corrected chi connectivity index (χ3v) is 3.56. The van der Waals surface area contributed by atoms with Gasteiger partial charge in [-0.2, -0.15) is 0 Å². The molecule has 1 unspecified atom stereocenters. The number of carbonyl (C=O) groups is 2. The molecule has 0 radical (unpaired) electrons. The molecule has 4 nitrogen and oxygen atoms in total. The molecule has 0 bridgehead atoms. The molecule has 1 fully saturated rings. The van der Waals surface area contributed by atoms with Crippen LogP contribution in [0.15, 0.2) is 0 Å². The maximum Gasteiger partial charge on any atom is 0.308 e. The topological polar surface area (TPSA) is 57.6 Å². The van der Waals surface area contributed by atoms with Crippen molar-refractivity contribution < 1.29 is 14.7 Å². The Morgan fingerprint density at radius 2 is 1.78 bits per heavy atom. The molecule has 0 heterocycles. The minimum Gasteiger partial charge on any atom is -0.481 e. The number of nitrogens with zero attached hydrogens (tertiary/aromatic N) is 1. The zero-order valence-electron chi connectivity index (χ0n) is 11.9. The number of hydrogen-bond acceptors (Lipinski definition) is 2. The lowest BCUT2D eigenvalue weighted by Crippen LogP contribution is -2.47. The fourth-order valence-electron chi connectivity index (χ4n) is 2.42. The number of aliphatic carboxylic acids is 1. The van der Waals surface area contributed by atoms with Gasteiger partial charge >= 0.3 is 5.97 Å². The van der Waals surface area contributed by atoms with Crippen LogP contribution in [0.5, 0.6) is 0 Å². The van der Waals surface area contributed by atoms with E-state index in [0.29, 0.717) is 6.54 Å². The van der Waals surface area contributed by atoms with Crippen LogP contribution in [0.4, 0.5) is 0 Å². The van der Waals surface area contributed by atoms with E-state index in [9.17, 15) is 9.59 Å². The van der Waals surface area contributed by atoms with Gasteiger partial charge in [0.15, 0.2) is 0 Å². The van der Waals surface area contributed by atoms with Gasteiger partial charge in [-0.1, -0.05) is 40.5 Å². The second kappa shape index (κ2) is 5.72. The number of hydrogen-bond donors (Lipinski definition) is 1. The Balaban J connectivity index is 2.81. The van der Waals surface area contributed by atoms with Gasteiger partial charge in [0, 0.05) is 18.0 Å². The summed E-state index contributed by atoms with van der Waals surface area (Å²) in [5, 5.41) is 9.02. The second-order valence-electron chi connectivity index (χ2n) is 6.39. The zero-order valence-corrected chi connectivity index (χ0v) is 11.9. The molecule has 1 saturated carbocycles. The van der Waals surface area contributed by atoms with E-state index >= 15 is 0 Å². The summed E-state index contributed by atoms with van der Waals surface area (Å²) in [4.78, 5) is 25.2. The van der Waals surface area contributed by atoms with Gasteiger partial charge in [-0.05, 0) is 12.8 Å². The largest absolute Gasteiger partial charge is 0.481 e. The monoisotopic (exact) mass is 255 g/mol. The van der Waals surface area contributed by atoms with E-state index in [0.717, 1.165) is 25.7 Å². The van der Waals surface area contributed by atoms with Crippen LogP contribution in [0, 0.1) is 11.3 Å². The number of rotatable bonds is 4. The van der Waals surface area contributed by atoms with Crippen molar-refractivity contribution in [2.75, 3.05) is 6.54 Å². The Morgan fingerprint density at radius 1 is 1.28 bits per heavy atom.